The molecule has 1 unspecified atom stereocenters. The highest BCUT2D eigenvalue weighted by molar-refractivity contribution is 6.42. The van der Waals surface area contributed by atoms with E-state index in [0.29, 0.717) is 16.5 Å². The molecule has 1 atom stereocenters. The molecule has 178 valence electrons. The second-order valence-corrected chi connectivity index (χ2v) is 9.31. The molecule has 1 aliphatic rings. The van der Waals surface area contributed by atoms with Gasteiger partial charge in [0, 0.05) is 13.7 Å². The van der Waals surface area contributed by atoms with E-state index in [9.17, 15) is 9.59 Å². The highest BCUT2D eigenvalue weighted by Gasteiger charge is 2.34. The largest absolute Gasteiger partial charge is 0.385 e. The Morgan fingerprint density at radius 1 is 1.19 bits per heavy atom. The van der Waals surface area contributed by atoms with Gasteiger partial charge < -0.3 is 20.2 Å². The molecule has 1 aromatic rings. The lowest BCUT2D eigenvalue weighted by atomic mass is 9.78. The zero-order valence-corrected chi connectivity index (χ0v) is 21.5. The summed E-state index contributed by atoms with van der Waals surface area (Å²) >= 11 is 12.1. The van der Waals surface area contributed by atoms with Crippen molar-refractivity contribution in [3.8, 4) is 0 Å². The van der Waals surface area contributed by atoms with Crippen molar-refractivity contribution in [1.29, 1.82) is 0 Å². The molecule has 1 fully saturated rings. The van der Waals surface area contributed by atoms with Crippen LogP contribution in [0.5, 0.6) is 0 Å². The third-order valence-electron chi connectivity index (χ3n) is 5.31. The van der Waals surface area contributed by atoms with Crippen LogP contribution in [0.3, 0.4) is 0 Å². The summed E-state index contributed by atoms with van der Waals surface area (Å²) in [5.41, 5.74) is 5.80. The van der Waals surface area contributed by atoms with E-state index < -0.39 is 5.41 Å². The van der Waals surface area contributed by atoms with Gasteiger partial charge in [0.1, 0.15) is 5.78 Å². The quantitative estimate of drug-likeness (QED) is 0.566. The molecule has 1 saturated heterocycles. The number of ether oxygens (including phenoxy) is 1. The molecule has 0 saturated carbocycles. The zero-order valence-electron chi connectivity index (χ0n) is 20.0. The van der Waals surface area contributed by atoms with E-state index in [4.69, 9.17) is 33.7 Å². The third-order valence-corrected chi connectivity index (χ3v) is 6.05. The van der Waals surface area contributed by atoms with E-state index in [0.717, 1.165) is 44.1 Å². The van der Waals surface area contributed by atoms with Crippen LogP contribution in [0, 0.1) is 5.92 Å². The first-order valence-electron chi connectivity index (χ1n) is 10.9. The Labute approximate surface area is 198 Å². The fourth-order valence-corrected chi connectivity index (χ4v) is 3.42. The van der Waals surface area contributed by atoms with Crippen LogP contribution >= 0.6 is 23.2 Å². The number of likely N-dealkylation sites (tertiary alicyclic amines) is 1. The molecule has 1 amide bonds. The van der Waals surface area contributed by atoms with E-state index >= 15 is 0 Å². The van der Waals surface area contributed by atoms with Gasteiger partial charge in [0.15, 0.2) is 0 Å². The third kappa shape index (κ3) is 11.9. The number of primary amides is 1. The molecule has 2 rings (SSSR count). The maximum Gasteiger partial charge on any atom is 0.227 e. The molecular weight excluding hydrogens is 435 g/mol. The number of rotatable bonds is 7. The van der Waals surface area contributed by atoms with Gasteiger partial charge in [-0.1, -0.05) is 43.1 Å². The second-order valence-electron chi connectivity index (χ2n) is 8.50. The summed E-state index contributed by atoms with van der Waals surface area (Å²) in [5, 5.41) is 0.945. The summed E-state index contributed by atoms with van der Waals surface area (Å²) in [6, 6.07) is 5.33. The van der Waals surface area contributed by atoms with Gasteiger partial charge >= 0.3 is 0 Å². The molecule has 0 spiro atoms. The number of hydrogen-bond acceptors (Lipinski definition) is 4. The monoisotopic (exact) mass is 474 g/mol. The molecule has 0 bridgehead atoms. The number of piperidine rings is 1. The highest BCUT2D eigenvalue weighted by atomic mass is 35.5. The number of carbonyl (C=O) groups is 2. The summed E-state index contributed by atoms with van der Waals surface area (Å²) < 4.78 is 4.69. The van der Waals surface area contributed by atoms with E-state index in [1.807, 2.05) is 13.0 Å². The summed E-state index contributed by atoms with van der Waals surface area (Å²) in [6.45, 7) is 13.3. The van der Waals surface area contributed by atoms with E-state index in [-0.39, 0.29) is 11.7 Å². The standard InChI is InChI=1S/C17H24Cl2N2O.C4H10O.C3H6O/c1-12-5-8-21(9-6-12)10-7-17(2,16(20)22)13-3-4-14(18)15(19)11-13;1-3-4-5-2;1-3(2)4/h3-4,11-12H,5-10H2,1-2H3,(H2,20,22);3-4H2,1-2H3;1-2H3. The van der Waals surface area contributed by atoms with Crippen molar-refractivity contribution >= 4 is 34.9 Å². The number of hydrogen-bond donors (Lipinski definition) is 1. The predicted molar refractivity (Wildman–Crippen MR) is 131 cm³/mol. The van der Waals surface area contributed by atoms with Gasteiger partial charge in [-0.25, -0.2) is 0 Å². The van der Waals surface area contributed by atoms with Crippen LogP contribution in [0.15, 0.2) is 18.2 Å². The van der Waals surface area contributed by atoms with Gasteiger partial charge in [-0.15, -0.1) is 0 Å². The van der Waals surface area contributed by atoms with Crippen LogP contribution in [0.1, 0.15) is 65.9 Å². The van der Waals surface area contributed by atoms with Gasteiger partial charge in [0.05, 0.1) is 15.5 Å². The number of nitrogens with two attached hydrogens (primary N) is 1. The topological polar surface area (TPSA) is 72.6 Å². The number of methoxy groups -OCH3 is 1. The van der Waals surface area contributed by atoms with Crippen molar-refractivity contribution in [1.82, 2.24) is 4.90 Å². The Bertz CT molecular complexity index is 671. The number of Topliss-reactive ketones (excluding diaryl/α,β-unsaturated/α-hetero) is 1. The minimum absolute atomic E-state index is 0.167. The normalized spacial score (nSPS) is 16.3. The van der Waals surface area contributed by atoms with Gasteiger partial charge in [0.25, 0.3) is 0 Å². The molecule has 31 heavy (non-hydrogen) atoms. The van der Waals surface area contributed by atoms with Crippen molar-refractivity contribution < 1.29 is 14.3 Å². The van der Waals surface area contributed by atoms with Crippen molar-refractivity contribution in [3.05, 3.63) is 33.8 Å². The molecule has 5 nitrogen and oxygen atoms in total. The van der Waals surface area contributed by atoms with Crippen LogP contribution in [-0.2, 0) is 19.7 Å². The fraction of sp³-hybridized carbons (Fsp3) is 0.667. The maximum atomic E-state index is 12.1. The smallest absolute Gasteiger partial charge is 0.227 e. The second kappa shape index (κ2) is 15.6. The lowest BCUT2D eigenvalue weighted by molar-refractivity contribution is -0.123. The Hall–Kier alpha value is -1.14. The van der Waals surface area contributed by atoms with Gasteiger partial charge in [0.2, 0.25) is 5.91 Å². The minimum Gasteiger partial charge on any atom is -0.385 e. The first-order chi connectivity index (χ1) is 14.5. The summed E-state index contributed by atoms with van der Waals surface area (Å²) in [6.07, 6.45) is 4.26. The molecule has 1 aromatic carbocycles. The Morgan fingerprint density at radius 3 is 2.13 bits per heavy atom. The Balaban J connectivity index is 0.000000846. The summed E-state index contributed by atoms with van der Waals surface area (Å²) in [4.78, 5) is 23.9. The SMILES string of the molecule is CC(C)=O.CC1CCN(CCC(C)(C(N)=O)c2ccc(Cl)c(Cl)c2)CC1.CCCOC. The van der Waals surface area contributed by atoms with Gasteiger partial charge in [-0.05, 0) is 89.7 Å². The number of carbonyl (C=O) groups excluding carboxylic acids is 2. The van der Waals surface area contributed by atoms with Crippen LogP contribution in [0.4, 0.5) is 0 Å². The highest BCUT2D eigenvalue weighted by Crippen LogP contribution is 2.33. The molecule has 0 radical (unpaired) electrons. The number of amides is 1. The summed E-state index contributed by atoms with van der Waals surface area (Å²) in [7, 11) is 1.71. The van der Waals surface area contributed by atoms with Crippen LogP contribution in [-0.4, -0.2) is 49.9 Å². The van der Waals surface area contributed by atoms with E-state index in [2.05, 4.69) is 18.7 Å². The average Bonchev–Trinajstić information content (AvgIpc) is 2.70. The molecule has 1 aliphatic heterocycles. The summed E-state index contributed by atoms with van der Waals surface area (Å²) in [5.74, 6) is 0.644. The van der Waals surface area contributed by atoms with Crippen LogP contribution < -0.4 is 5.73 Å². The lowest BCUT2D eigenvalue weighted by Gasteiger charge is -2.34. The maximum absolute atomic E-state index is 12.1. The number of ketones is 1. The zero-order chi connectivity index (χ0) is 24.0. The molecule has 7 heteroatoms. The van der Waals surface area contributed by atoms with Crippen molar-refractivity contribution in [2.45, 2.75) is 65.7 Å². The van der Waals surface area contributed by atoms with E-state index in [1.165, 1.54) is 26.7 Å². The lowest BCUT2D eigenvalue weighted by Crippen LogP contribution is -2.43. The fourth-order valence-electron chi connectivity index (χ4n) is 3.12. The van der Waals surface area contributed by atoms with Gasteiger partial charge in [-0.3, -0.25) is 4.79 Å². The number of halogens is 2. The molecular formula is C24H40Cl2N2O3. The first-order valence-corrected chi connectivity index (χ1v) is 11.7. The molecule has 1 heterocycles. The molecule has 0 aliphatic carbocycles. The minimum atomic E-state index is -0.725. The average molecular weight is 476 g/mol. The first kappa shape index (κ1) is 29.9. The Morgan fingerprint density at radius 2 is 1.74 bits per heavy atom. The molecule has 0 aromatic heterocycles. The van der Waals surface area contributed by atoms with Crippen LogP contribution in [0.25, 0.3) is 0 Å². The van der Waals surface area contributed by atoms with Gasteiger partial charge in [-0.2, -0.15) is 0 Å². The predicted octanol–water partition coefficient (Wildman–Crippen LogP) is 5.50. The number of nitrogens with zero attached hydrogens (tertiary/aromatic N) is 1. The molecule has 2 N–H and O–H groups in total. The van der Waals surface area contributed by atoms with E-state index in [1.54, 1.807) is 19.2 Å². The Kier molecular flexibility index (Phi) is 15.1. The van der Waals surface area contributed by atoms with Crippen molar-refractivity contribution in [2.24, 2.45) is 11.7 Å². The van der Waals surface area contributed by atoms with Crippen LogP contribution in [0.2, 0.25) is 10.0 Å². The van der Waals surface area contributed by atoms with Crippen molar-refractivity contribution in [3.63, 3.8) is 0 Å². The number of benzene rings is 1. The van der Waals surface area contributed by atoms with Crippen molar-refractivity contribution in [2.75, 3.05) is 33.4 Å².